The maximum atomic E-state index is 13.4. The maximum absolute atomic E-state index is 13.4. The van der Waals surface area contributed by atoms with Gasteiger partial charge in [-0.15, -0.1) is 0 Å². The number of aryl methyl sites for hydroxylation is 2. The Morgan fingerprint density at radius 1 is 1.17 bits per heavy atom. The molecule has 4 nitrogen and oxygen atoms in total. The van der Waals surface area contributed by atoms with Crippen molar-refractivity contribution < 1.29 is 18.6 Å². The first-order valence-electron chi connectivity index (χ1n) is 7.62. The number of rotatable bonds is 5. The molecular weight excluding hydrogens is 314 g/mol. The van der Waals surface area contributed by atoms with Crippen molar-refractivity contribution in [3.63, 3.8) is 0 Å². The van der Waals surface area contributed by atoms with E-state index >= 15 is 0 Å². The lowest BCUT2D eigenvalue weighted by Gasteiger charge is -2.16. The standard InChI is InChI=1S/C18H18F2N2O2/c1-11-4-3-5-12(2)18(11)24-9-13(23)8-22-10-21-16-6-14(19)15(20)7-17(16)22/h3-7,10,13,23H,8-9H2,1-2H3. The van der Waals surface area contributed by atoms with E-state index < -0.39 is 17.7 Å². The van der Waals surface area contributed by atoms with E-state index in [-0.39, 0.29) is 13.2 Å². The van der Waals surface area contributed by atoms with Gasteiger partial charge in [-0.05, 0) is 25.0 Å². The van der Waals surface area contributed by atoms with E-state index in [1.807, 2.05) is 32.0 Å². The highest BCUT2D eigenvalue weighted by atomic mass is 19.2. The van der Waals surface area contributed by atoms with Crippen molar-refractivity contribution in [2.75, 3.05) is 6.61 Å². The Kier molecular flexibility index (Phi) is 4.49. The van der Waals surface area contributed by atoms with Crippen molar-refractivity contribution in [3.05, 3.63) is 59.4 Å². The number of para-hydroxylation sites is 1. The third kappa shape index (κ3) is 3.23. The zero-order valence-electron chi connectivity index (χ0n) is 13.5. The summed E-state index contributed by atoms with van der Waals surface area (Å²) in [7, 11) is 0. The fraction of sp³-hybridized carbons (Fsp3) is 0.278. The van der Waals surface area contributed by atoms with Gasteiger partial charge in [-0.3, -0.25) is 0 Å². The van der Waals surface area contributed by atoms with Crippen LogP contribution in [0.3, 0.4) is 0 Å². The third-order valence-electron chi connectivity index (χ3n) is 3.90. The van der Waals surface area contributed by atoms with Crippen LogP contribution in [0.5, 0.6) is 5.75 Å². The second-order valence-electron chi connectivity index (χ2n) is 5.84. The topological polar surface area (TPSA) is 47.3 Å². The molecule has 1 aromatic heterocycles. The van der Waals surface area contributed by atoms with Gasteiger partial charge in [-0.2, -0.15) is 0 Å². The average Bonchev–Trinajstić information content (AvgIpc) is 2.89. The Labute approximate surface area is 138 Å². The normalized spacial score (nSPS) is 12.5. The quantitative estimate of drug-likeness (QED) is 0.779. The molecule has 0 spiro atoms. The van der Waals surface area contributed by atoms with Crippen molar-refractivity contribution >= 4 is 11.0 Å². The number of aliphatic hydroxyl groups excluding tert-OH is 1. The summed E-state index contributed by atoms with van der Waals surface area (Å²) in [6, 6.07) is 7.95. The van der Waals surface area contributed by atoms with E-state index in [4.69, 9.17) is 4.74 Å². The highest BCUT2D eigenvalue weighted by molar-refractivity contribution is 5.75. The smallest absolute Gasteiger partial charge is 0.161 e. The van der Waals surface area contributed by atoms with Crippen molar-refractivity contribution in [2.45, 2.75) is 26.5 Å². The van der Waals surface area contributed by atoms with Crippen LogP contribution in [-0.4, -0.2) is 27.4 Å². The van der Waals surface area contributed by atoms with Crippen LogP contribution >= 0.6 is 0 Å². The van der Waals surface area contributed by atoms with Crippen molar-refractivity contribution in [1.82, 2.24) is 9.55 Å². The van der Waals surface area contributed by atoms with Crippen LogP contribution < -0.4 is 4.74 Å². The van der Waals surface area contributed by atoms with Gasteiger partial charge >= 0.3 is 0 Å². The van der Waals surface area contributed by atoms with Crippen molar-refractivity contribution in [3.8, 4) is 5.75 Å². The number of hydrogen-bond donors (Lipinski definition) is 1. The number of nitrogens with zero attached hydrogens (tertiary/aromatic N) is 2. The maximum Gasteiger partial charge on any atom is 0.161 e. The Bertz CT molecular complexity index is 857. The molecule has 0 radical (unpaired) electrons. The molecule has 6 heteroatoms. The number of ether oxygens (including phenoxy) is 1. The monoisotopic (exact) mass is 332 g/mol. The minimum Gasteiger partial charge on any atom is -0.490 e. The Morgan fingerprint density at radius 2 is 1.83 bits per heavy atom. The van der Waals surface area contributed by atoms with E-state index in [1.165, 1.54) is 6.33 Å². The lowest BCUT2D eigenvalue weighted by Crippen LogP contribution is -2.23. The number of fused-ring (bicyclic) bond motifs is 1. The number of benzene rings is 2. The summed E-state index contributed by atoms with van der Waals surface area (Å²) in [6.45, 7) is 4.15. The van der Waals surface area contributed by atoms with Crippen LogP contribution in [0.2, 0.25) is 0 Å². The molecule has 1 atom stereocenters. The first-order valence-corrected chi connectivity index (χ1v) is 7.62. The molecule has 0 bridgehead atoms. The fourth-order valence-corrected chi connectivity index (χ4v) is 2.68. The lowest BCUT2D eigenvalue weighted by molar-refractivity contribution is 0.0927. The molecule has 0 aliphatic heterocycles. The van der Waals surface area contributed by atoms with Crippen LogP contribution in [0.25, 0.3) is 11.0 Å². The first-order chi connectivity index (χ1) is 11.5. The number of hydrogen-bond acceptors (Lipinski definition) is 3. The van der Waals surface area contributed by atoms with Crippen molar-refractivity contribution in [2.24, 2.45) is 0 Å². The minimum absolute atomic E-state index is 0.0923. The van der Waals surface area contributed by atoms with Crippen LogP contribution in [0, 0.1) is 25.5 Å². The summed E-state index contributed by atoms with van der Waals surface area (Å²) < 4.78 is 33.9. The van der Waals surface area contributed by atoms with Gasteiger partial charge < -0.3 is 14.4 Å². The van der Waals surface area contributed by atoms with Gasteiger partial charge in [-0.25, -0.2) is 13.8 Å². The van der Waals surface area contributed by atoms with E-state index in [1.54, 1.807) is 4.57 Å². The molecule has 0 amide bonds. The predicted octanol–water partition coefficient (Wildman–Crippen LogP) is 3.37. The second kappa shape index (κ2) is 6.57. The molecule has 0 saturated heterocycles. The zero-order valence-corrected chi connectivity index (χ0v) is 13.5. The molecule has 1 unspecified atom stereocenters. The highest BCUT2D eigenvalue weighted by Crippen LogP contribution is 2.23. The van der Waals surface area contributed by atoms with Gasteiger partial charge in [-0.1, -0.05) is 18.2 Å². The summed E-state index contributed by atoms with van der Waals surface area (Å²) in [6.07, 6.45) is 0.640. The van der Waals surface area contributed by atoms with E-state index in [9.17, 15) is 13.9 Å². The highest BCUT2D eigenvalue weighted by Gasteiger charge is 2.13. The summed E-state index contributed by atoms with van der Waals surface area (Å²) in [5.41, 5.74) is 2.76. The zero-order chi connectivity index (χ0) is 17.3. The number of aromatic nitrogens is 2. The SMILES string of the molecule is Cc1cccc(C)c1OCC(O)Cn1cnc2cc(F)c(F)cc21. The number of aliphatic hydroxyl groups is 1. The van der Waals surface area contributed by atoms with Crippen LogP contribution in [0.15, 0.2) is 36.7 Å². The van der Waals surface area contributed by atoms with Crippen LogP contribution in [-0.2, 0) is 6.54 Å². The van der Waals surface area contributed by atoms with Gasteiger partial charge in [0.2, 0.25) is 0 Å². The molecule has 126 valence electrons. The lowest BCUT2D eigenvalue weighted by atomic mass is 10.1. The van der Waals surface area contributed by atoms with E-state index in [2.05, 4.69) is 4.98 Å². The fourth-order valence-electron chi connectivity index (χ4n) is 2.68. The molecule has 1 heterocycles. The predicted molar refractivity (Wildman–Crippen MR) is 87.1 cm³/mol. The molecule has 0 aliphatic rings. The van der Waals surface area contributed by atoms with E-state index in [0.717, 1.165) is 29.0 Å². The molecule has 3 rings (SSSR count). The molecule has 0 aliphatic carbocycles. The molecular formula is C18H18F2N2O2. The number of imidazole rings is 1. The molecule has 0 fully saturated rings. The van der Waals surface area contributed by atoms with Gasteiger partial charge in [0.05, 0.1) is 23.9 Å². The summed E-state index contributed by atoms with van der Waals surface area (Å²) in [5, 5.41) is 10.2. The minimum atomic E-state index is -0.939. The molecule has 0 saturated carbocycles. The molecule has 2 aromatic carbocycles. The summed E-state index contributed by atoms with van der Waals surface area (Å²) >= 11 is 0. The number of halogens is 2. The Hall–Kier alpha value is -2.47. The largest absolute Gasteiger partial charge is 0.490 e. The van der Waals surface area contributed by atoms with E-state index in [0.29, 0.717) is 11.0 Å². The first kappa shape index (κ1) is 16.4. The van der Waals surface area contributed by atoms with Crippen LogP contribution in [0.4, 0.5) is 8.78 Å². The Balaban J connectivity index is 1.71. The Morgan fingerprint density at radius 3 is 2.54 bits per heavy atom. The second-order valence-corrected chi connectivity index (χ2v) is 5.84. The third-order valence-corrected chi connectivity index (χ3v) is 3.90. The van der Waals surface area contributed by atoms with Crippen molar-refractivity contribution in [1.29, 1.82) is 0 Å². The molecule has 3 aromatic rings. The van der Waals surface area contributed by atoms with Crippen LogP contribution in [0.1, 0.15) is 11.1 Å². The summed E-state index contributed by atoms with van der Waals surface area (Å²) in [5.74, 6) is -1.13. The summed E-state index contributed by atoms with van der Waals surface area (Å²) in [4.78, 5) is 4.02. The average molecular weight is 332 g/mol. The van der Waals surface area contributed by atoms with Gasteiger partial charge in [0.1, 0.15) is 18.5 Å². The van der Waals surface area contributed by atoms with Gasteiger partial charge in [0.25, 0.3) is 0 Å². The molecule has 24 heavy (non-hydrogen) atoms. The molecule has 1 N–H and O–H groups in total. The van der Waals surface area contributed by atoms with Gasteiger partial charge in [0.15, 0.2) is 11.6 Å². The van der Waals surface area contributed by atoms with Gasteiger partial charge in [0, 0.05) is 12.1 Å².